The lowest BCUT2D eigenvalue weighted by atomic mass is 9.94. The van der Waals surface area contributed by atoms with Gasteiger partial charge in [-0.25, -0.2) is 0 Å². The number of nitrogens with one attached hydrogen (secondary N) is 1. The van der Waals surface area contributed by atoms with Gasteiger partial charge in [-0.05, 0) is 19.4 Å². The Kier molecular flexibility index (Phi) is 11.4. The molecule has 0 heterocycles. The van der Waals surface area contributed by atoms with Crippen LogP contribution in [0.4, 0.5) is 0 Å². The van der Waals surface area contributed by atoms with Gasteiger partial charge >= 0.3 is 0 Å². The Morgan fingerprint density at radius 1 is 0.875 bits per heavy atom. The van der Waals surface area contributed by atoms with Gasteiger partial charge in [-0.2, -0.15) is 0 Å². The highest BCUT2D eigenvalue weighted by atomic mass is 14.9. The summed E-state index contributed by atoms with van der Waals surface area (Å²) in [7, 11) is 2.11. The van der Waals surface area contributed by atoms with Crippen LogP contribution < -0.4 is 5.32 Å². The SMILES string of the molecule is CCCCCCCCCC(NC)C(C)CC. The van der Waals surface area contributed by atoms with Crippen LogP contribution in [0.5, 0.6) is 0 Å². The van der Waals surface area contributed by atoms with Crippen LogP contribution in [0.15, 0.2) is 0 Å². The molecule has 0 aliphatic heterocycles. The van der Waals surface area contributed by atoms with Crippen LogP contribution in [-0.2, 0) is 0 Å². The Morgan fingerprint density at radius 2 is 1.44 bits per heavy atom. The van der Waals surface area contributed by atoms with Gasteiger partial charge in [0.1, 0.15) is 0 Å². The predicted octanol–water partition coefficient (Wildman–Crippen LogP) is 4.76. The number of hydrogen-bond donors (Lipinski definition) is 1. The minimum atomic E-state index is 0.737. The van der Waals surface area contributed by atoms with Gasteiger partial charge in [-0.3, -0.25) is 0 Å². The Balaban J connectivity index is 3.34. The van der Waals surface area contributed by atoms with Crippen molar-refractivity contribution in [3.63, 3.8) is 0 Å². The lowest BCUT2D eigenvalue weighted by molar-refractivity contribution is 0.356. The molecule has 0 bridgehead atoms. The van der Waals surface area contributed by atoms with Crippen LogP contribution in [-0.4, -0.2) is 13.1 Å². The fourth-order valence-corrected chi connectivity index (χ4v) is 2.32. The molecule has 16 heavy (non-hydrogen) atoms. The zero-order valence-corrected chi connectivity index (χ0v) is 12.0. The van der Waals surface area contributed by atoms with Crippen LogP contribution in [0, 0.1) is 5.92 Å². The molecule has 1 heteroatoms. The summed E-state index contributed by atoms with van der Waals surface area (Å²) >= 11 is 0. The summed E-state index contributed by atoms with van der Waals surface area (Å²) < 4.78 is 0. The molecule has 0 spiro atoms. The van der Waals surface area contributed by atoms with Crippen LogP contribution >= 0.6 is 0 Å². The van der Waals surface area contributed by atoms with Gasteiger partial charge in [-0.15, -0.1) is 0 Å². The first-order valence-electron chi connectivity index (χ1n) is 7.43. The van der Waals surface area contributed by atoms with E-state index in [1.807, 2.05) is 0 Å². The first kappa shape index (κ1) is 16.0. The summed E-state index contributed by atoms with van der Waals surface area (Å²) in [6, 6.07) is 0.737. The molecule has 0 aliphatic carbocycles. The van der Waals surface area contributed by atoms with Gasteiger partial charge in [0.15, 0.2) is 0 Å². The molecule has 0 saturated carbocycles. The van der Waals surface area contributed by atoms with Crippen molar-refractivity contribution in [1.82, 2.24) is 5.32 Å². The minimum absolute atomic E-state index is 0.737. The fourth-order valence-electron chi connectivity index (χ4n) is 2.32. The molecule has 0 fully saturated rings. The molecule has 2 atom stereocenters. The third kappa shape index (κ3) is 8.15. The normalized spacial score (nSPS) is 15.0. The van der Waals surface area contributed by atoms with Crippen LogP contribution in [0.1, 0.15) is 78.6 Å². The Bertz CT molecular complexity index is 133. The smallest absolute Gasteiger partial charge is 0.00895 e. The average molecular weight is 227 g/mol. The highest BCUT2D eigenvalue weighted by Crippen LogP contribution is 2.15. The molecule has 0 aromatic carbocycles. The molecule has 0 aromatic heterocycles. The summed E-state index contributed by atoms with van der Waals surface area (Å²) in [6.45, 7) is 6.94. The lowest BCUT2D eigenvalue weighted by Gasteiger charge is -2.22. The molecular weight excluding hydrogens is 194 g/mol. The lowest BCUT2D eigenvalue weighted by Crippen LogP contribution is -2.31. The molecule has 0 amide bonds. The quantitative estimate of drug-likeness (QED) is 0.502. The first-order chi connectivity index (χ1) is 7.76. The van der Waals surface area contributed by atoms with Crippen molar-refractivity contribution in [1.29, 1.82) is 0 Å². The van der Waals surface area contributed by atoms with E-state index in [0.717, 1.165) is 12.0 Å². The molecular formula is C15H33N. The van der Waals surface area contributed by atoms with E-state index in [9.17, 15) is 0 Å². The standard InChI is InChI=1S/C15H33N/c1-5-7-8-9-10-11-12-13-15(16-4)14(3)6-2/h14-16H,5-13H2,1-4H3. The molecule has 0 aliphatic rings. The van der Waals surface area contributed by atoms with E-state index < -0.39 is 0 Å². The molecule has 1 nitrogen and oxygen atoms in total. The number of rotatable bonds is 11. The zero-order chi connectivity index (χ0) is 12.2. The predicted molar refractivity (Wildman–Crippen MR) is 74.9 cm³/mol. The second kappa shape index (κ2) is 11.4. The summed E-state index contributed by atoms with van der Waals surface area (Å²) in [5, 5.41) is 3.46. The fraction of sp³-hybridized carbons (Fsp3) is 1.00. The molecule has 0 rings (SSSR count). The maximum atomic E-state index is 3.46. The second-order valence-corrected chi connectivity index (χ2v) is 5.19. The monoisotopic (exact) mass is 227 g/mol. The largest absolute Gasteiger partial charge is 0.317 e. The van der Waals surface area contributed by atoms with Crippen LogP contribution in [0.2, 0.25) is 0 Å². The summed E-state index contributed by atoms with van der Waals surface area (Å²) in [4.78, 5) is 0. The van der Waals surface area contributed by atoms with E-state index in [1.165, 1.54) is 57.8 Å². The van der Waals surface area contributed by atoms with Crippen molar-refractivity contribution in [2.24, 2.45) is 5.92 Å². The van der Waals surface area contributed by atoms with Gasteiger partial charge in [-0.1, -0.05) is 72.1 Å². The third-order valence-electron chi connectivity index (χ3n) is 3.82. The third-order valence-corrected chi connectivity index (χ3v) is 3.82. The first-order valence-corrected chi connectivity index (χ1v) is 7.43. The Labute approximate surface area is 103 Å². The van der Waals surface area contributed by atoms with Crippen molar-refractivity contribution >= 4 is 0 Å². The van der Waals surface area contributed by atoms with E-state index in [4.69, 9.17) is 0 Å². The summed E-state index contributed by atoms with van der Waals surface area (Å²) in [5.41, 5.74) is 0. The zero-order valence-electron chi connectivity index (χ0n) is 12.0. The minimum Gasteiger partial charge on any atom is -0.317 e. The van der Waals surface area contributed by atoms with Crippen LogP contribution in [0.25, 0.3) is 0 Å². The topological polar surface area (TPSA) is 12.0 Å². The van der Waals surface area contributed by atoms with Crippen molar-refractivity contribution in [3.05, 3.63) is 0 Å². The van der Waals surface area contributed by atoms with Gasteiger partial charge < -0.3 is 5.32 Å². The Hall–Kier alpha value is -0.0400. The van der Waals surface area contributed by atoms with E-state index in [-0.39, 0.29) is 0 Å². The van der Waals surface area contributed by atoms with Crippen molar-refractivity contribution < 1.29 is 0 Å². The highest BCUT2D eigenvalue weighted by molar-refractivity contribution is 4.70. The van der Waals surface area contributed by atoms with E-state index in [0.29, 0.717) is 0 Å². The molecule has 0 aromatic rings. The second-order valence-electron chi connectivity index (χ2n) is 5.19. The van der Waals surface area contributed by atoms with Gasteiger partial charge in [0.25, 0.3) is 0 Å². The van der Waals surface area contributed by atoms with E-state index in [2.05, 4.69) is 33.1 Å². The maximum absolute atomic E-state index is 3.46. The van der Waals surface area contributed by atoms with Crippen molar-refractivity contribution in [3.8, 4) is 0 Å². The molecule has 2 unspecified atom stereocenters. The number of hydrogen-bond acceptors (Lipinski definition) is 1. The highest BCUT2D eigenvalue weighted by Gasteiger charge is 2.12. The van der Waals surface area contributed by atoms with E-state index in [1.54, 1.807) is 0 Å². The summed E-state index contributed by atoms with van der Waals surface area (Å²) in [6.07, 6.45) is 12.6. The Morgan fingerprint density at radius 3 is 1.94 bits per heavy atom. The molecule has 0 radical (unpaired) electrons. The van der Waals surface area contributed by atoms with Crippen molar-refractivity contribution in [2.45, 2.75) is 84.6 Å². The molecule has 0 saturated heterocycles. The molecule has 1 N–H and O–H groups in total. The average Bonchev–Trinajstić information content (AvgIpc) is 2.32. The van der Waals surface area contributed by atoms with Gasteiger partial charge in [0.2, 0.25) is 0 Å². The van der Waals surface area contributed by atoms with Crippen molar-refractivity contribution in [2.75, 3.05) is 7.05 Å². The maximum Gasteiger partial charge on any atom is 0.00895 e. The number of unbranched alkanes of at least 4 members (excludes halogenated alkanes) is 6. The summed E-state index contributed by atoms with van der Waals surface area (Å²) in [5.74, 6) is 0.824. The molecule has 98 valence electrons. The van der Waals surface area contributed by atoms with Crippen LogP contribution in [0.3, 0.4) is 0 Å². The van der Waals surface area contributed by atoms with Gasteiger partial charge in [0.05, 0.1) is 0 Å². The van der Waals surface area contributed by atoms with E-state index >= 15 is 0 Å². The van der Waals surface area contributed by atoms with Gasteiger partial charge in [0, 0.05) is 6.04 Å².